The molecule has 0 spiro atoms. The van der Waals surface area contributed by atoms with E-state index in [-0.39, 0.29) is 18.1 Å². The van der Waals surface area contributed by atoms with Crippen LogP contribution < -0.4 is 5.32 Å². The van der Waals surface area contributed by atoms with E-state index in [1.807, 2.05) is 51.1 Å². The van der Waals surface area contributed by atoms with E-state index in [9.17, 15) is 4.79 Å². The van der Waals surface area contributed by atoms with Crippen LogP contribution >= 0.6 is 0 Å². The first-order valence-corrected chi connectivity index (χ1v) is 5.62. The Hall–Kier alpha value is -1.35. The molecule has 1 N–H and O–H groups in total. The maximum atomic E-state index is 11.8. The van der Waals surface area contributed by atoms with E-state index in [4.69, 9.17) is 4.74 Å². The van der Waals surface area contributed by atoms with Crippen LogP contribution in [0.15, 0.2) is 30.3 Å². The van der Waals surface area contributed by atoms with E-state index >= 15 is 0 Å². The molecule has 3 nitrogen and oxygen atoms in total. The summed E-state index contributed by atoms with van der Waals surface area (Å²) >= 11 is 0. The minimum Gasteiger partial charge on any atom is -0.465 e. The van der Waals surface area contributed by atoms with Gasteiger partial charge in [0.05, 0.1) is 6.61 Å². The summed E-state index contributed by atoms with van der Waals surface area (Å²) in [6.07, 6.45) is 0. The van der Waals surface area contributed by atoms with Crippen LogP contribution in [0.3, 0.4) is 0 Å². The zero-order valence-electron chi connectivity index (χ0n) is 10.1. The quantitative estimate of drug-likeness (QED) is 0.775. The Balaban J connectivity index is 2.83. The van der Waals surface area contributed by atoms with E-state index in [1.165, 1.54) is 0 Å². The molecule has 0 amide bonds. The summed E-state index contributed by atoms with van der Waals surface area (Å²) < 4.78 is 5.06. The number of nitrogens with one attached hydrogen (secondary N) is 1. The second-order valence-corrected chi connectivity index (χ2v) is 3.92. The fourth-order valence-corrected chi connectivity index (χ4v) is 1.50. The molecule has 88 valence electrons. The molecule has 0 aromatic heterocycles. The number of carbonyl (C=O) groups excluding carboxylic acids is 1. The van der Waals surface area contributed by atoms with Gasteiger partial charge in [0.15, 0.2) is 0 Å². The molecule has 3 heteroatoms. The molecule has 0 aliphatic heterocycles. The van der Waals surface area contributed by atoms with Gasteiger partial charge in [0.1, 0.15) is 6.04 Å². The zero-order chi connectivity index (χ0) is 12.0. The van der Waals surface area contributed by atoms with Crippen molar-refractivity contribution in [1.82, 2.24) is 5.32 Å². The Morgan fingerprint density at radius 2 is 1.94 bits per heavy atom. The number of hydrogen-bond donors (Lipinski definition) is 1. The molecule has 0 saturated carbocycles. The topological polar surface area (TPSA) is 38.3 Å². The third-order valence-corrected chi connectivity index (χ3v) is 2.16. The predicted molar refractivity (Wildman–Crippen MR) is 64.1 cm³/mol. The molecular weight excluding hydrogens is 202 g/mol. The molecule has 1 rings (SSSR count). The van der Waals surface area contributed by atoms with Crippen molar-refractivity contribution >= 4 is 5.97 Å². The molecule has 1 atom stereocenters. The maximum absolute atomic E-state index is 11.8. The van der Waals surface area contributed by atoms with Gasteiger partial charge in [0, 0.05) is 6.04 Å². The lowest BCUT2D eigenvalue weighted by Crippen LogP contribution is -2.34. The summed E-state index contributed by atoms with van der Waals surface area (Å²) in [5.41, 5.74) is 0.939. The Bertz CT molecular complexity index is 322. The van der Waals surface area contributed by atoms with E-state index in [2.05, 4.69) is 5.32 Å². The van der Waals surface area contributed by atoms with Gasteiger partial charge >= 0.3 is 5.97 Å². The molecular formula is C13H19NO2. The number of benzene rings is 1. The van der Waals surface area contributed by atoms with Crippen molar-refractivity contribution < 1.29 is 9.53 Å². The van der Waals surface area contributed by atoms with Crippen molar-refractivity contribution in [1.29, 1.82) is 0 Å². The Labute approximate surface area is 96.8 Å². The highest BCUT2D eigenvalue weighted by Gasteiger charge is 2.21. The van der Waals surface area contributed by atoms with Gasteiger partial charge in [-0.3, -0.25) is 5.32 Å². The summed E-state index contributed by atoms with van der Waals surface area (Å²) in [6.45, 7) is 6.24. The minimum atomic E-state index is -0.374. The van der Waals surface area contributed by atoms with Gasteiger partial charge in [-0.2, -0.15) is 0 Å². The molecule has 16 heavy (non-hydrogen) atoms. The van der Waals surface area contributed by atoms with Crippen LogP contribution in [0.1, 0.15) is 32.4 Å². The SMILES string of the molecule is CCOC(=O)C(NC(C)C)c1ccccc1. The lowest BCUT2D eigenvalue weighted by Gasteiger charge is -2.19. The summed E-state index contributed by atoms with van der Waals surface area (Å²) in [7, 11) is 0. The second-order valence-electron chi connectivity index (χ2n) is 3.92. The summed E-state index contributed by atoms with van der Waals surface area (Å²) in [5.74, 6) is -0.220. The van der Waals surface area contributed by atoms with Crippen molar-refractivity contribution in [3.05, 3.63) is 35.9 Å². The smallest absolute Gasteiger partial charge is 0.327 e. The molecule has 0 fully saturated rings. The van der Waals surface area contributed by atoms with Gasteiger partial charge in [-0.15, -0.1) is 0 Å². The molecule has 0 aliphatic rings. The third-order valence-electron chi connectivity index (χ3n) is 2.16. The lowest BCUT2D eigenvalue weighted by atomic mass is 10.1. The highest BCUT2D eigenvalue weighted by Crippen LogP contribution is 2.15. The molecule has 1 unspecified atom stereocenters. The van der Waals surface area contributed by atoms with Crippen molar-refractivity contribution in [2.24, 2.45) is 0 Å². The average molecular weight is 221 g/mol. The summed E-state index contributed by atoms with van der Waals surface area (Å²) in [4.78, 5) is 11.8. The van der Waals surface area contributed by atoms with Crippen molar-refractivity contribution in [3.8, 4) is 0 Å². The molecule has 1 aromatic rings. The van der Waals surface area contributed by atoms with Gasteiger partial charge < -0.3 is 4.74 Å². The fraction of sp³-hybridized carbons (Fsp3) is 0.462. The monoisotopic (exact) mass is 221 g/mol. The average Bonchev–Trinajstić information content (AvgIpc) is 2.27. The molecule has 0 aliphatic carbocycles. The first kappa shape index (κ1) is 12.7. The van der Waals surface area contributed by atoms with E-state index in [0.29, 0.717) is 6.61 Å². The van der Waals surface area contributed by atoms with Crippen molar-refractivity contribution in [2.75, 3.05) is 6.61 Å². The predicted octanol–water partition coefficient (Wildman–Crippen LogP) is 2.29. The zero-order valence-corrected chi connectivity index (χ0v) is 10.1. The van der Waals surface area contributed by atoms with Crippen LogP contribution in [0.5, 0.6) is 0 Å². The van der Waals surface area contributed by atoms with Crippen molar-refractivity contribution in [3.63, 3.8) is 0 Å². The number of esters is 1. The Morgan fingerprint density at radius 3 is 2.44 bits per heavy atom. The highest BCUT2D eigenvalue weighted by atomic mass is 16.5. The van der Waals surface area contributed by atoms with Gasteiger partial charge in [-0.05, 0) is 26.3 Å². The van der Waals surface area contributed by atoms with Crippen LogP contribution in [-0.2, 0) is 9.53 Å². The van der Waals surface area contributed by atoms with Crippen LogP contribution in [0.4, 0.5) is 0 Å². The van der Waals surface area contributed by atoms with E-state index in [1.54, 1.807) is 0 Å². The number of ether oxygens (including phenoxy) is 1. The van der Waals surface area contributed by atoms with Crippen LogP contribution in [0, 0.1) is 0 Å². The minimum absolute atomic E-state index is 0.220. The lowest BCUT2D eigenvalue weighted by molar-refractivity contribution is -0.146. The van der Waals surface area contributed by atoms with Crippen LogP contribution in [0.2, 0.25) is 0 Å². The number of rotatable bonds is 5. The standard InChI is InChI=1S/C13H19NO2/c1-4-16-13(15)12(14-10(2)3)11-8-6-5-7-9-11/h5-10,12,14H,4H2,1-3H3. The third kappa shape index (κ3) is 3.66. The highest BCUT2D eigenvalue weighted by molar-refractivity contribution is 5.77. The molecule has 0 bridgehead atoms. The van der Waals surface area contributed by atoms with Gasteiger partial charge in [0.25, 0.3) is 0 Å². The first-order chi connectivity index (χ1) is 7.65. The van der Waals surface area contributed by atoms with E-state index in [0.717, 1.165) is 5.56 Å². The second kappa shape index (κ2) is 6.28. The fourth-order valence-electron chi connectivity index (χ4n) is 1.50. The molecule has 0 radical (unpaired) electrons. The largest absolute Gasteiger partial charge is 0.465 e. The Morgan fingerprint density at radius 1 is 1.31 bits per heavy atom. The van der Waals surface area contributed by atoms with Crippen LogP contribution in [0.25, 0.3) is 0 Å². The Kier molecular flexibility index (Phi) is 4.99. The number of hydrogen-bond acceptors (Lipinski definition) is 3. The molecule has 0 saturated heterocycles. The normalized spacial score (nSPS) is 12.5. The van der Waals surface area contributed by atoms with Crippen molar-refractivity contribution in [2.45, 2.75) is 32.9 Å². The summed E-state index contributed by atoms with van der Waals surface area (Å²) in [6, 6.07) is 9.48. The van der Waals surface area contributed by atoms with Crippen LogP contribution in [-0.4, -0.2) is 18.6 Å². The molecule has 1 aromatic carbocycles. The number of carbonyl (C=O) groups is 1. The van der Waals surface area contributed by atoms with Gasteiger partial charge in [0.2, 0.25) is 0 Å². The van der Waals surface area contributed by atoms with E-state index < -0.39 is 0 Å². The molecule has 0 heterocycles. The summed E-state index contributed by atoms with van der Waals surface area (Å²) in [5, 5.41) is 3.21. The maximum Gasteiger partial charge on any atom is 0.327 e. The van der Waals surface area contributed by atoms with Gasteiger partial charge in [-0.1, -0.05) is 30.3 Å². The first-order valence-electron chi connectivity index (χ1n) is 5.62. The van der Waals surface area contributed by atoms with Gasteiger partial charge in [-0.25, -0.2) is 4.79 Å².